The number of fused-ring (bicyclic) bond motifs is 1. The van der Waals surface area contributed by atoms with Crippen molar-refractivity contribution >= 4 is 21.5 Å². The highest BCUT2D eigenvalue weighted by Gasteiger charge is 2.40. The maximum absolute atomic E-state index is 12.2. The molecule has 0 bridgehead atoms. The van der Waals surface area contributed by atoms with Crippen molar-refractivity contribution in [1.82, 2.24) is 18.5 Å². The van der Waals surface area contributed by atoms with E-state index < -0.39 is 10.2 Å². The third-order valence-corrected chi connectivity index (χ3v) is 7.14. The summed E-state index contributed by atoms with van der Waals surface area (Å²) in [5, 5.41) is 3.15. The summed E-state index contributed by atoms with van der Waals surface area (Å²) in [6.45, 7) is 4.24. The average molecular weight is 330 g/mol. The molecule has 3 rings (SSSR count). The van der Waals surface area contributed by atoms with Crippen LogP contribution in [0, 0.1) is 11.8 Å². The van der Waals surface area contributed by atoms with Gasteiger partial charge in [-0.05, 0) is 18.3 Å². The van der Waals surface area contributed by atoms with E-state index in [1.165, 1.54) is 4.31 Å². The van der Waals surface area contributed by atoms with E-state index >= 15 is 0 Å². The Morgan fingerprint density at radius 3 is 2.76 bits per heavy atom. The van der Waals surface area contributed by atoms with Crippen LogP contribution >= 0.6 is 11.3 Å². The zero-order valence-corrected chi connectivity index (χ0v) is 14.1. The largest absolute Gasteiger partial charge is 0.296 e. The lowest BCUT2D eigenvalue weighted by atomic mass is 9.90. The molecule has 1 aromatic heterocycles. The van der Waals surface area contributed by atoms with Gasteiger partial charge in [0.1, 0.15) is 5.01 Å². The van der Waals surface area contributed by atoms with Crippen LogP contribution in [0.2, 0.25) is 0 Å². The number of nitrogens with zero attached hydrogens (tertiary/aromatic N) is 4. The van der Waals surface area contributed by atoms with Gasteiger partial charge in [-0.15, -0.1) is 11.3 Å². The SMILES string of the molecule is CN(C)S(=O)(=O)N1CC[C@H]2CN(Cc3nccs3)C[C@H]2C1. The van der Waals surface area contributed by atoms with E-state index in [1.54, 1.807) is 29.7 Å². The number of hydrogen-bond acceptors (Lipinski definition) is 5. The fraction of sp³-hybridized carbons (Fsp3) is 0.769. The van der Waals surface area contributed by atoms with Crippen LogP contribution in [0.5, 0.6) is 0 Å². The van der Waals surface area contributed by atoms with Crippen molar-refractivity contribution in [2.45, 2.75) is 13.0 Å². The smallest absolute Gasteiger partial charge is 0.281 e. The molecule has 0 saturated carbocycles. The Kier molecular flexibility index (Phi) is 4.33. The molecule has 21 heavy (non-hydrogen) atoms. The van der Waals surface area contributed by atoms with Crippen molar-refractivity contribution < 1.29 is 8.42 Å². The second-order valence-corrected chi connectivity index (χ2v) is 9.20. The molecular weight excluding hydrogens is 308 g/mol. The molecule has 0 N–H and O–H groups in total. The first-order chi connectivity index (χ1) is 9.96. The van der Waals surface area contributed by atoms with Gasteiger partial charge in [0.15, 0.2) is 0 Å². The topological polar surface area (TPSA) is 56.8 Å². The molecule has 118 valence electrons. The normalized spacial score (nSPS) is 28.1. The van der Waals surface area contributed by atoms with E-state index in [1.807, 2.05) is 11.6 Å². The highest BCUT2D eigenvalue weighted by molar-refractivity contribution is 7.86. The quantitative estimate of drug-likeness (QED) is 0.816. The van der Waals surface area contributed by atoms with E-state index in [0.717, 1.165) is 31.1 Å². The molecule has 0 aliphatic carbocycles. The second-order valence-electron chi connectivity index (χ2n) is 6.08. The molecule has 2 atom stereocenters. The van der Waals surface area contributed by atoms with Gasteiger partial charge in [0.2, 0.25) is 0 Å². The third kappa shape index (κ3) is 3.14. The minimum atomic E-state index is -3.27. The zero-order chi connectivity index (χ0) is 15.0. The Hall–Kier alpha value is -0.540. The maximum Gasteiger partial charge on any atom is 0.281 e. The number of hydrogen-bond donors (Lipinski definition) is 0. The molecule has 2 fully saturated rings. The lowest BCUT2D eigenvalue weighted by Crippen LogP contribution is -2.47. The minimum absolute atomic E-state index is 0.452. The van der Waals surface area contributed by atoms with Gasteiger partial charge >= 0.3 is 0 Å². The predicted molar refractivity (Wildman–Crippen MR) is 83.2 cm³/mol. The van der Waals surface area contributed by atoms with Gasteiger partial charge < -0.3 is 0 Å². The van der Waals surface area contributed by atoms with Gasteiger partial charge in [0, 0.05) is 51.9 Å². The van der Waals surface area contributed by atoms with Crippen LogP contribution in [0.1, 0.15) is 11.4 Å². The molecule has 2 saturated heterocycles. The summed E-state index contributed by atoms with van der Waals surface area (Å²) in [6.07, 6.45) is 2.81. The number of thiazole rings is 1. The van der Waals surface area contributed by atoms with Crippen molar-refractivity contribution in [2.75, 3.05) is 40.3 Å². The Bertz CT molecular complexity index is 573. The van der Waals surface area contributed by atoms with E-state index in [9.17, 15) is 8.42 Å². The molecule has 0 spiro atoms. The van der Waals surface area contributed by atoms with Gasteiger partial charge in [-0.25, -0.2) is 4.98 Å². The highest BCUT2D eigenvalue weighted by Crippen LogP contribution is 2.33. The van der Waals surface area contributed by atoms with Gasteiger partial charge in [0.05, 0.1) is 6.54 Å². The number of likely N-dealkylation sites (tertiary alicyclic amines) is 1. The summed E-state index contributed by atoms with van der Waals surface area (Å²) in [4.78, 5) is 6.75. The number of aromatic nitrogens is 1. The maximum atomic E-state index is 12.2. The van der Waals surface area contributed by atoms with Crippen molar-refractivity contribution in [3.63, 3.8) is 0 Å². The molecule has 3 heterocycles. The van der Waals surface area contributed by atoms with Crippen molar-refractivity contribution in [1.29, 1.82) is 0 Å². The number of piperidine rings is 1. The van der Waals surface area contributed by atoms with Crippen LogP contribution in [-0.2, 0) is 16.8 Å². The molecular formula is C13H22N4O2S2. The summed E-state index contributed by atoms with van der Waals surface area (Å²) in [5.41, 5.74) is 0. The third-order valence-electron chi connectivity index (χ3n) is 4.47. The van der Waals surface area contributed by atoms with Gasteiger partial charge in [-0.1, -0.05) is 0 Å². The van der Waals surface area contributed by atoms with Crippen molar-refractivity contribution in [3.05, 3.63) is 16.6 Å². The fourth-order valence-corrected chi connectivity index (χ4v) is 5.16. The molecule has 1 aromatic rings. The summed E-state index contributed by atoms with van der Waals surface area (Å²) < 4.78 is 27.4. The van der Waals surface area contributed by atoms with Crippen LogP contribution in [0.3, 0.4) is 0 Å². The Balaban J connectivity index is 1.62. The lowest BCUT2D eigenvalue weighted by Gasteiger charge is -2.34. The monoisotopic (exact) mass is 330 g/mol. The zero-order valence-electron chi connectivity index (χ0n) is 12.5. The molecule has 0 unspecified atom stereocenters. The molecule has 2 aliphatic rings. The molecule has 8 heteroatoms. The van der Waals surface area contributed by atoms with E-state index in [2.05, 4.69) is 9.88 Å². The van der Waals surface area contributed by atoms with Crippen LogP contribution in [0.25, 0.3) is 0 Å². The van der Waals surface area contributed by atoms with Crippen molar-refractivity contribution in [3.8, 4) is 0 Å². The first-order valence-electron chi connectivity index (χ1n) is 7.25. The molecule has 0 radical (unpaired) electrons. The Morgan fingerprint density at radius 1 is 1.33 bits per heavy atom. The summed E-state index contributed by atoms with van der Waals surface area (Å²) >= 11 is 1.69. The summed E-state index contributed by atoms with van der Waals surface area (Å²) in [5.74, 6) is 1.08. The van der Waals surface area contributed by atoms with E-state index in [-0.39, 0.29) is 0 Å². The lowest BCUT2D eigenvalue weighted by molar-refractivity contribution is 0.219. The average Bonchev–Trinajstić information content (AvgIpc) is 3.06. The number of rotatable bonds is 4. The molecule has 0 aromatic carbocycles. The Labute approximate surface area is 130 Å². The first kappa shape index (κ1) is 15.4. The molecule has 6 nitrogen and oxygen atoms in total. The van der Waals surface area contributed by atoms with E-state index in [0.29, 0.717) is 24.9 Å². The fourth-order valence-electron chi connectivity index (χ4n) is 3.32. The van der Waals surface area contributed by atoms with Crippen LogP contribution in [-0.4, -0.2) is 67.2 Å². The predicted octanol–water partition coefficient (Wildman–Crippen LogP) is 0.703. The molecule has 2 aliphatic heterocycles. The van der Waals surface area contributed by atoms with Crippen molar-refractivity contribution in [2.24, 2.45) is 11.8 Å². The minimum Gasteiger partial charge on any atom is -0.296 e. The standard InChI is InChI=1S/C13H22N4O2S2/c1-15(2)21(18,19)17-5-3-11-7-16(8-12(11)9-17)10-13-14-4-6-20-13/h4,6,11-12H,3,5,7-10H2,1-2H3/t11-,12-/m0/s1. The van der Waals surface area contributed by atoms with Gasteiger partial charge in [-0.2, -0.15) is 17.0 Å². The Morgan fingerprint density at radius 2 is 2.10 bits per heavy atom. The van der Waals surface area contributed by atoms with Gasteiger partial charge in [-0.3, -0.25) is 4.90 Å². The summed E-state index contributed by atoms with van der Waals surface area (Å²) in [7, 11) is -0.0641. The van der Waals surface area contributed by atoms with Crippen LogP contribution in [0.4, 0.5) is 0 Å². The summed E-state index contributed by atoms with van der Waals surface area (Å²) in [6, 6.07) is 0. The second kappa shape index (κ2) is 5.92. The van der Waals surface area contributed by atoms with Crippen LogP contribution in [0.15, 0.2) is 11.6 Å². The highest BCUT2D eigenvalue weighted by atomic mass is 32.2. The van der Waals surface area contributed by atoms with E-state index in [4.69, 9.17) is 0 Å². The van der Waals surface area contributed by atoms with Crippen LogP contribution < -0.4 is 0 Å². The first-order valence-corrected chi connectivity index (χ1v) is 9.53. The molecule has 0 amide bonds. The van der Waals surface area contributed by atoms with Gasteiger partial charge in [0.25, 0.3) is 10.2 Å².